The first-order valence-corrected chi connectivity index (χ1v) is 7.04. The molecule has 1 aromatic carbocycles. The zero-order valence-corrected chi connectivity index (χ0v) is 12.7. The van der Waals surface area contributed by atoms with Gasteiger partial charge in [-0.15, -0.1) is 0 Å². The Morgan fingerprint density at radius 1 is 1.38 bits per heavy atom. The van der Waals surface area contributed by atoms with Gasteiger partial charge in [-0.05, 0) is 6.92 Å². The molecule has 122 valence electrons. The Morgan fingerprint density at radius 3 is 2.88 bits per heavy atom. The molecule has 0 saturated heterocycles. The highest BCUT2D eigenvalue weighted by molar-refractivity contribution is 5.99. The highest BCUT2D eigenvalue weighted by Gasteiger charge is 2.20. The number of rotatable bonds is 4. The number of fused-ring (bicyclic) bond motifs is 1. The lowest BCUT2D eigenvalue weighted by atomic mass is 10.2. The van der Waals surface area contributed by atoms with E-state index in [0.717, 1.165) is 4.52 Å². The van der Waals surface area contributed by atoms with Gasteiger partial charge in [-0.25, -0.2) is 10.2 Å². The first-order chi connectivity index (χ1) is 11.5. The molecular weight excluding hydrogens is 314 g/mol. The number of hydrogen-bond acceptors (Lipinski definition) is 5. The first-order valence-electron chi connectivity index (χ1n) is 7.04. The van der Waals surface area contributed by atoms with Crippen LogP contribution >= 0.6 is 0 Å². The minimum atomic E-state index is -0.465. The van der Waals surface area contributed by atoms with Crippen LogP contribution in [0.4, 0.5) is 5.69 Å². The van der Waals surface area contributed by atoms with Crippen LogP contribution in [-0.4, -0.2) is 35.7 Å². The second-order valence-electron chi connectivity index (χ2n) is 5.13. The molecule has 0 saturated carbocycles. The summed E-state index contributed by atoms with van der Waals surface area (Å²) in [5.41, 5.74) is 1.46. The number of benzene rings is 1. The molecule has 0 unspecified atom stereocenters. The topological polar surface area (TPSA) is 120 Å². The predicted molar refractivity (Wildman–Crippen MR) is 82.1 cm³/mol. The summed E-state index contributed by atoms with van der Waals surface area (Å²) in [6, 6.07) is 7.77. The van der Waals surface area contributed by atoms with Crippen molar-refractivity contribution in [1.82, 2.24) is 19.9 Å². The normalized spacial score (nSPS) is 10.7. The molecule has 9 nitrogen and oxygen atoms in total. The van der Waals surface area contributed by atoms with Crippen LogP contribution in [0, 0.1) is 11.8 Å². The highest BCUT2D eigenvalue weighted by atomic mass is 16.6. The van der Waals surface area contributed by atoms with E-state index in [0.29, 0.717) is 11.3 Å². The zero-order chi connectivity index (χ0) is 17.3. The van der Waals surface area contributed by atoms with E-state index in [1.165, 1.54) is 18.3 Å². The van der Waals surface area contributed by atoms with Gasteiger partial charge < -0.3 is 10.4 Å². The quantitative estimate of drug-likeness (QED) is 0.624. The van der Waals surface area contributed by atoms with Crippen molar-refractivity contribution in [3.63, 3.8) is 0 Å². The van der Waals surface area contributed by atoms with Crippen molar-refractivity contribution in [2.24, 2.45) is 0 Å². The lowest BCUT2D eigenvalue weighted by Gasteiger charge is -2.04. The summed E-state index contributed by atoms with van der Waals surface area (Å²) in [5.74, 6) is -0.586. The second-order valence-corrected chi connectivity index (χ2v) is 5.13. The minimum absolute atomic E-state index is 0.0312. The molecule has 0 bridgehead atoms. The number of para-hydroxylation sites is 1. The van der Waals surface area contributed by atoms with Crippen LogP contribution in [0.5, 0.6) is 5.88 Å². The van der Waals surface area contributed by atoms with Gasteiger partial charge in [0, 0.05) is 17.8 Å². The van der Waals surface area contributed by atoms with Crippen molar-refractivity contribution in [2.45, 2.75) is 13.5 Å². The summed E-state index contributed by atoms with van der Waals surface area (Å²) in [7, 11) is 0. The van der Waals surface area contributed by atoms with Gasteiger partial charge >= 0.3 is 5.69 Å². The maximum atomic E-state index is 12.4. The average molecular weight is 328 g/mol. The van der Waals surface area contributed by atoms with Crippen molar-refractivity contribution in [3.05, 3.63) is 58.3 Å². The van der Waals surface area contributed by atoms with E-state index in [-0.39, 0.29) is 34.2 Å². The van der Waals surface area contributed by atoms with Gasteiger partial charge in [-0.2, -0.15) is 9.61 Å². The molecule has 3 N–H and O–H groups in total. The molecule has 2 aromatic heterocycles. The van der Waals surface area contributed by atoms with Gasteiger partial charge in [0.2, 0.25) is 5.88 Å². The van der Waals surface area contributed by atoms with Crippen LogP contribution in [0.3, 0.4) is 0 Å². The van der Waals surface area contributed by atoms with Gasteiger partial charge in [0.15, 0.2) is 5.65 Å². The lowest BCUT2D eigenvalue weighted by molar-refractivity contribution is -0.730. The summed E-state index contributed by atoms with van der Waals surface area (Å²) in [4.78, 5) is 27.4. The van der Waals surface area contributed by atoms with Gasteiger partial charge in [-0.1, -0.05) is 18.2 Å². The summed E-state index contributed by atoms with van der Waals surface area (Å²) < 4.78 is 1.16. The third kappa shape index (κ3) is 2.74. The Balaban J connectivity index is 1.85. The fraction of sp³-hybridized carbons (Fsp3) is 0.133. The molecule has 3 aromatic rings. The van der Waals surface area contributed by atoms with Gasteiger partial charge in [0.25, 0.3) is 10.8 Å². The summed E-state index contributed by atoms with van der Waals surface area (Å²) in [6.07, 6.45) is 1.30. The smallest absolute Gasteiger partial charge is 0.321 e. The maximum absolute atomic E-state index is 12.4. The molecule has 0 aliphatic heterocycles. The number of aromatic hydroxyl groups is 1. The number of hydrogen-bond donors (Lipinski definition) is 3. The predicted octanol–water partition coefficient (Wildman–Crippen LogP) is 1.47. The van der Waals surface area contributed by atoms with E-state index in [1.54, 1.807) is 25.1 Å². The molecule has 0 fully saturated rings. The molecular formula is C15H14N5O4+. The summed E-state index contributed by atoms with van der Waals surface area (Å²) in [5, 5.41) is 25.4. The number of aromatic nitrogens is 3. The monoisotopic (exact) mass is 328 g/mol. The number of nitrogens with zero attached hydrogens (tertiary/aromatic N) is 4. The number of carbonyl (C=O) groups is 1. The molecule has 1 amide bonds. The lowest BCUT2D eigenvalue weighted by Crippen LogP contribution is -2.23. The van der Waals surface area contributed by atoms with E-state index < -0.39 is 5.91 Å². The minimum Gasteiger partial charge on any atom is -0.493 e. The molecule has 0 aliphatic rings. The van der Waals surface area contributed by atoms with Crippen molar-refractivity contribution in [1.29, 1.82) is 0 Å². The van der Waals surface area contributed by atoms with E-state index in [2.05, 4.69) is 15.4 Å². The van der Waals surface area contributed by atoms with Gasteiger partial charge in [-0.3, -0.25) is 4.79 Å². The highest BCUT2D eigenvalue weighted by Crippen LogP contribution is 2.18. The molecule has 0 atom stereocenters. The molecule has 24 heavy (non-hydrogen) atoms. The van der Waals surface area contributed by atoms with E-state index in [9.17, 15) is 14.8 Å². The van der Waals surface area contributed by atoms with E-state index in [1.807, 2.05) is 0 Å². The van der Waals surface area contributed by atoms with Gasteiger partial charge in [0.1, 0.15) is 5.56 Å². The Hall–Kier alpha value is -3.49. The Bertz CT molecular complexity index is 950. The standard InChI is InChI=1S/C15H13N5O4/c1-9-6-13(21)19-14(18-9)11(8-17-19)15(22)16-7-10-4-2-3-5-12(10)20(23)24/h2-6,8H,7H2,1H3,(H2-,16,17,18,21,22,23,24)/p+1. The van der Waals surface area contributed by atoms with E-state index in [4.69, 9.17) is 5.21 Å². The third-order valence-electron chi connectivity index (χ3n) is 3.46. The number of carbonyl (C=O) groups excluding carboxylic acids is 1. The largest absolute Gasteiger partial charge is 0.493 e. The summed E-state index contributed by atoms with van der Waals surface area (Å²) >= 11 is 0. The first kappa shape index (κ1) is 15.4. The molecule has 2 heterocycles. The van der Waals surface area contributed by atoms with Crippen molar-refractivity contribution < 1.29 is 20.0 Å². The molecule has 0 aliphatic carbocycles. The Kier molecular flexibility index (Phi) is 3.82. The Morgan fingerprint density at radius 2 is 2.12 bits per heavy atom. The van der Waals surface area contributed by atoms with Crippen LogP contribution in [0.25, 0.3) is 5.65 Å². The van der Waals surface area contributed by atoms with E-state index >= 15 is 0 Å². The van der Waals surface area contributed by atoms with Crippen LogP contribution in [0.2, 0.25) is 0 Å². The summed E-state index contributed by atoms with van der Waals surface area (Å²) in [6.45, 7) is 1.72. The van der Waals surface area contributed by atoms with Crippen molar-refractivity contribution in [3.8, 4) is 5.88 Å². The zero-order valence-electron chi connectivity index (χ0n) is 12.7. The molecule has 3 rings (SSSR count). The van der Waals surface area contributed by atoms with Crippen LogP contribution in [-0.2, 0) is 6.54 Å². The molecule has 0 radical (unpaired) electrons. The fourth-order valence-corrected chi connectivity index (χ4v) is 2.34. The fourth-order valence-electron chi connectivity index (χ4n) is 2.34. The number of nitrogens with one attached hydrogen (secondary N) is 1. The van der Waals surface area contributed by atoms with Gasteiger partial charge in [0.05, 0.1) is 23.2 Å². The number of amides is 1. The average Bonchev–Trinajstić information content (AvgIpc) is 2.97. The Labute approximate surface area is 135 Å². The molecule has 0 spiro atoms. The third-order valence-corrected chi connectivity index (χ3v) is 3.46. The van der Waals surface area contributed by atoms with Crippen molar-refractivity contribution >= 4 is 17.2 Å². The second kappa shape index (κ2) is 5.95. The van der Waals surface area contributed by atoms with Crippen LogP contribution in [0.15, 0.2) is 36.5 Å². The number of aryl methyl sites for hydroxylation is 1. The maximum Gasteiger partial charge on any atom is 0.321 e. The van der Waals surface area contributed by atoms with Crippen LogP contribution < -0.4 is 5.32 Å². The van der Waals surface area contributed by atoms with Crippen LogP contribution in [0.1, 0.15) is 21.6 Å². The SMILES string of the molecule is Cc1cc(O)n2ncc(C(=O)NCc3ccccc3[N+](=O)O)c2n1. The molecule has 9 heteroatoms. The van der Waals surface area contributed by atoms with Crippen molar-refractivity contribution in [2.75, 3.05) is 0 Å².